The second kappa shape index (κ2) is 5.72. The van der Waals surface area contributed by atoms with Crippen LogP contribution < -0.4 is 0 Å². The Hall–Kier alpha value is -1.04. The smallest absolute Gasteiger partial charge is 0.0234 e. The quantitative estimate of drug-likeness (QED) is 0.536. The maximum Gasteiger partial charge on any atom is -0.0234 e. The highest BCUT2D eigenvalue weighted by atomic mass is 14.0. The number of rotatable bonds is 3. The first-order valence-electron chi connectivity index (χ1n) is 3.85. The zero-order chi connectivity index (χ0) is 8.69. The number of hydrogen-bond donors (Lipinski definition) is 0. The summed E-state index contributed by atoms with van der Waals surface area (Å²) >= 11 is 0. The molecule has 0 spiro atoms. The van der Waals surface area contributed by atoms with Gasteiger partial charge in [0, 0.05) is 0 Å². The molecule has 11 heavy (non-hydrogen) atoms. The van der Waals surface area contributed by atoms with Gasteiger partial charge in [-0.3, -0.25) is 0 Å². The van der Waals surface area contributed by atoms with Gasteiger partial charge < -0.3 is 0 Å². The highest BCUT2D eigenvalue weighted by molar-refractivity contribution is 5.39. The largest absolute Gasteiger partial charge is 0.0990 e. The predicted molar refractivity (Wildman–Crippen MR) is 52.5 cm³/mol. The summed E-state index contributed by atoms with van der Waals surface area (Å²) in [6, 6.07) is 0. The van der Waals surface area contributed by atoms with Gasteiger partial charge in [-0.05, 0) is 31.9 Å². The lowest BCUT2D eigenvalue weighted by Gasteiger charge is -1.98. The van der Waals surface area contributed by atoms with Crippen LogP contribution in [-0.4, -0.2) is 0 Å². The predicted octanol–water partition coefficient (Wildman–Crippen LogP) is 3.64. The van der Waals surface area contributed by atoms with Crippen molar-refractivity contribution in [3.05, 3.63) is 48.1 Å². The Morgan fingerprint density at radius 3 is 2.27 bits per heavy atom. The van der Waals surface area contributed by atoms with E-state index in [1.165, 1.54) is 11.1 Å². The molecule has 0 amide bonds. The van der Waals surface area contributed by atoms with Crippen LogP contribution in [0, 0.1) is 0 Å². The molecule has 60 valence electrons. The van der Waals surface area contributed by atoms with E-state index in [0.29, 0.717) is 0 Å². The van der Waals surface area contributed by atoms with Crippen molar-refractivity contribution in [1.82, 2.24) is 0 Å². The molecule has 0 aliphatic heterocycles. The van der Waals surface area contributed by atoms with Crippen molar-refractivity contribution in [2.45, 2.75) is 20.8 Å². The molecule has 0 nitrogen and oxygen atoms in total. The van der Waals surface area contributed by atoms with Crippen molar-refractivity contribution in [3.63, 3.8) is 0 Å². The van der Waals surface area contributed by atoms with Crippen LogP contribution in [0.2, 0.25) is 0 Å². The third kappa shape index (κ3) is 3.61. The summed E-state index contributed by atoms with van der Waals surface area (Å²) in [7, 11) is 0. The van der Waals surface area contributed by atoms with Crippen LogP contribution in [0.1, 0.15) is 20.8 Å². The number of hydrogen-bond acceptors (Lipinski definition) is 0. The van der Waals surface area contributed by atoms with Gasteiger partial charge in [0.25, 0.3) is 0 Å². The summed E-state index contributed by atoms with van der Waals surface area (Å²) in [5.74, 6) is 0. The van der Waals surface area contributed by atoms with Crippen LogP contribution in [-0.2, 0) is 0 Å². The summed E-state index contributed by atoms with van der Waals surface area (Å²) in [5, 5.41) is 0. The lowest BCUT2D eigenvalue weighted by Crippen LogP contribution is -1.78. The second-order valence-corrected chi connectivity index (χ2v) is 2.33. The molecule has 0 aliphatic carbocycles. The van der Waals surface area contributed by atoms with E-state index in [2.05, 4.69) is 25.7 Å². The molecular formula is C11H16. The number of allylic oxidation sites excluding steroid dienone is 7. The third-order valence-electron chi connectivity index (χ3n) is 1.53. The van der Waals surface area contributed by atoms with E-state index in [9.17, 15) is 0 Å². The summed E-state index contributed by atoms with van der Waals surface area (Å²) in [5.41, 5.74) is 2.51. The van der Waals surface area contributed by atoms with Crippen molar-refractivity contribution in [2.75, 3.05) is 0 Å². The molecular weight excluding hydrogens is 132 g/mol. The van der Waals surface area contributed by atoms with Crippen LogP contribution in [0.25, 0.3) is 0 Å². The van der Waals surface area contributed by atoms with Gasteiger partial charge >= 0.3 is 0 Å². The van der Waals surface area contributed by atoms with Gasteiger partial charge in [0.05, 0.1) is 0 Å². The molecule has 0 aromatic heterocycles. The molecule has 0 radical (unpaired) electrons. The first-order chi connectivity index (χ1) is 5.26. The Labute approximate surface area is 69.6 Å². The summed E-state index contributed by atoms with van der Waals surface area (Å²) in [6.45, 7) is 9.81. The first-order valence-corrected chi connectivity index (χ1v) is 3.85. The van der Waals surface area contributed by atoms with Crippen LogP contribution in [0.4, 0.5) is 0 Å². The van der Waals surface area contributed by atoms with E-state index in [4.69, 9.17) is 0 Å². The van der Waals surface area contributed by atoms with Gasteiger partial charge in [0.2, 0.25) is 0 Å². The standard InChI is InChI=1S/C11H16/c1-5-8-11(9-6-2)10(4)7-3/h5-9H,1H2,2-4H3/b9-6-,10-7-,11-8+. The maximum absolute atomic E-state index is 3.66. The SMILES string of the molecule is C=C/C=C(\C=C/C)C(/C)=C\C. The fraction of sp³-hybridized carbons (Fsp3) is 0.273. The molecule has 0 aromatic rings. The minimum absolute atomic E-state index is 1.23. The van der Waals surface area contributed by atoms with Gasteiger partial charge in [-0.25, -0.2) is 0 Å². The first kappa shape index (κ1) is 9.96. The Morgan fingerprint density at radius 2 is 1.91 bits per heavy atom. The molecule has 0 aromatic carbocycles. The molecule has 0 saturated heterocycles. The van der Waals surface area contributed by atoms with Crippen LogP contribution in [0.5, 0.6) is 0 Å². The molecule has 0 atom stereocenters. The molecule has 0 heterocycles. The van der Waals surface area contributed by atoms with Crippen LogP contribution in [0.3, 0.4) is 0 Å². The van der Waals surface area contributed by atoms with Gasteiger partial charge in [-0.15, -0.1) is 0 Å². The highest BCUT2D eigenvalue weighted by Gasteiger charge is 1.90. The third-order valence-corrected chi connectivity index (χ3v) is 1.53. The van der Waals surface area contributed by atoms with Gasteiger partial charge in [-0.1, -0.05) is 37.0 Å². The zero-order valence-electron chi connectivity index (χ0n) is 7.59. The van der Waals surface area contributed by atoms with Crippen molar-refractivity contribution in [2.24, 2.45) is 0 Å². The lowest BCUT2D eigenvalue weighted by atomic mass is 10.1. The second-order valence-electron chi connectivity index (χ2n) is 2.33. The Bertz CT molecular complexity index is 202. The average Bonchev–Trinajstić information content (AvgIpc) is 2.03. The highest BCUT2D eigenvalue weighted by Crippen LogP contribution is 2.10. The normalized spacial score (nSPS) is 14.1. The molecule has 0 aliphatic rings. The lowest BCUT2D eigenvalue weighted by molar-refractivity contribution is 1.39. The molecule has 0 bridgehead atoms. The van der Waals surface area contributed by atoms with Crippen molar-refractivity contribution < 1.29 is 0 Å². The van der Waals surface area contributed by atoms with Crippen molar-refractivity contribution in [1.29, 1.82) is 0 Å². The molecule has 0 fully saturated rings. The Balaban J connectivity index is 4.61. The van der Waals surface area contributed by atoms with E-state index in [0.717, 1.165) is 0 Å². The van der Waals surface area contributed by atoms with E-state index >= 15 is 0 Å². The minimum atomic E-state index is 1.23. The molecule has 0 unspecified atom stereocenters. The summed E-state index contributed by atoms with van der Waals surface area (Å²) < 4.78 is 0. The Kier molecular flexibility index (Phi) is 5.18. The zero-order valence-corrected chi connectivity index (χ0v) is 7.59. The van der Waals surface area contributed by atoms with Crippen LogP contribution in [0.15, 0.2) is 48.1 Å². The van der Waals surface area contributed by atoms with Gasteiger partial charge in [0.1, 0.15) is 0 Å². The molecule has 0 rings (SSSR count). The topological polar surface area (TPSA) is 0 Å². The molecule has 0 saturated carbocycles. The van der Waals surface area contributed by atoms with E-state index in [-0.39, 0.29) is 0 Å². The van der Waals surface area contributed by atoms with E-state index in [1.807, 2.05) is 32.1 Å². The average molecular weight is 148 g/mol. The van der Waals surface area contributed by atoms with E-state index < -0.39 is 0 Å². The molecule has 0 heteroatoms. The van der Waals surface area contributed by atoms with Crippen molar-refractivity contribution in [3.8, 4) is 0 Å². The Morgan fingerprint density at radius 1 is 1.27 bits per heavy atom. The van der Waals surface area contributed by atoms with Gasteiger partial charge in [-0.2, -0.15) is 0 Å². The maximum atomic E-state index is 3.66. The van der Waals surface area contributed by atoms with Gasteiger partial charge in [0.15, 0.2) is 0 Å². The minimum Gasteiger partial charge on any atom is -0.0990 e. The fourth-order valence-electron chi connectivity index (χ4n) is 0.792. The van der Waals surface area contributed by atoms with Crippen molar-refractivity contribution >= 4 is 0 Å². The monoisotopic (exact) mass is 148 g/mol. The molecule has 0 N–H and O–H groups in total. The summed E-state index contributed by atoms with van der Waals surface area (Å²) in [4.78, 5) is 0. The van der Waals surface area contributed by atoms with Crippen LogP contribution >= 0.6 is 0 Å². The summed E-state index contributed by atoms with van der Waals surface area (Å²) in [6.07, 6.45) is 10.0. The van der Waals surface area contributed by atoms with E-state index in [1.54, 1.807) is 0 Å². The fourth-order valence-corrected chi connectivity index (χ4v) is 0.792.